The van der Waals surface area contributed by atoms with Crippen LogP contribution in [0.3, 0.4) is 0 Å². The summed E-state index contributed by atoms with van der Waals surface area (Å²) in [4.78, 5) is 18.3. The van der Waals surface area contributed by atoms with E-state index >= 15 is 0 Å². The van der Waals surface area contributed by atoms with Crippen molar-refractivity contribution in [2.24, 2.45) is 4.99 Å². The molecule has 7 nitrogen and oxygen atoms in total. The van der Waals surface area contributed by atoms with Crippen molar-refractivity contribution in [2.45, 2.75) is 20.4 Å². The van der Waals surface area contributed by atoms with Crippen molar-refractivity contribution < 1.29 is 18.8 Å². The zero-order valence-electron chi connectivity index (χ0n) is 17.9. The maximum atomic E-state index is 13.3. The molecule has 166 valence electrons. The van der Waals surface area contributed by atoms with Gasteiger partial charge >= 0.3 is 0 Å². The number of aryl methyl sites for hydroxylation is 1. The molecule has 2 aromatic carbocycles. The van der Waals surface area contributed by atoms with Gasteiger partial charge in [-0.05, 0) is 38.1 Å². The molecule has 0 aliphatic carbocycles. The lowest BCUT2D eigenvalue weighted by atomic mass is 10.1. The smallest absolute Gasteiger partial charge is 0.285 e. The van der Waals surface area contributed by atoms with E-state index in [-0.39, 0.29) is 0 Å². The fourth-order valence-electron chi connectivity index (χ4n) is 3.39. The van der Waals surface area contributed by atoms with Crippen molar-refractivity contribution in [2.75, 3.05) is 20.3 Å². The van der Waals surface area contributed by atoms with E-state index in [4.69, 9.17) is 25.6 Å². The van der Waals surface area contributed by atoms with E-state index in [2.05, 4.69) is 10.1 Å². The third kappa shape index (κ3) is 4.34. The van der Waals surface area contributed by atoms with Crippen molar-refractivity contribution in [1.29, 1.82) is 0 Å². The molecule has 0 saturated heterocycles. The number of fused-ring (bicyclic) bond motifs is 1. The Balaban J connectivity index is 1.83. The molecule has 1 amide bonds. The van der Waals surface area contributed by atoms with Crippen LogP contribution in [0.1, 0.15) is 23.0 Å². The Morgan fingerprint density at radius 1 is 1.28 bits per heavy atom. The van der Waals surface area contributed by atoms with Crippen molar-refractivity contribution in [3.63, 3.8) is 0 Å². The summed E-state index contributed by atoms with van der Waals surface area (Å²) >= 11 is 7.74. The van der Waals surface area contributed by atoms with Gasteiger partial charge in [0.15, 0.2) is 4.80 Å². The fourth-order valence-corrected chi connectivity index (χ4v) is 4.69. The fraction of sp³-hybridized carbons (Fsp3) is 0.261. The molecule has 9 heteroatoms. The number of halogens is 1. The van der Waals surface area contributed by atoms with Crippen LogP contribution >= 0.6 is 22.9 Å². The second kappa shape index (κ2) is 9.68. The van der Waals surface area contributed by atoms with E-state index in [1.165, 1.54) is 11.3 Å². The summed E-state index contributed by atoms with van der Waals surface area (Å²) < 4.78 is 19.1. The third-order valence-electron chi connectivity index (χ3n) is 4.96. The first-order valence-electron chi connectivity index (χ1n) is 10.1. The second-order valence-electron chi connectivity index (χ2n) is 6.93. The number of aromatic nitrogens is 2. The molecule has 0 spiro atoms. The minimum absolute atomic E-state index is 0.296. The maximum absolute atomic E-state index is 13.3. The van der Waals surface area contributed by atoms with Crippen molar-refractivity contribution in [1.82, 2.24) is 9.72 Å². The van der Waals surface area contributed by atoms with E-state index in [0.29, 0.717) is 52.2 Å². The van der Waals surface area contributed by atoms with Gasteiger partial charge in [-0.3, -0.25) is 4.79 Å². The zero-order valence-corrected chi connectivity index (χ0v) is 19.5. The van der Waals surface area contributed by atoms with Gasteiger partial charge in [0, 0.05) is 18.7 Å². The monoisotopic (exact) mass is 471 g/mol. The van der Waals surface area contributed by atoms with E-state index in [1.54, 1.807) is 26.2 Å². The van der Waals surface area contributed by atoms with E-state index < -0.39 is 5.91 Å². The number of nitrogens with zero attached hydrogens (tertiary/aromatic N) is 3. The molecule has 0 radical (unpaired) electrons. The standard InChI is InChI=1S/C23H22ClN3O4S/c1-4-30-12-11-27-18-10-9-15(29-3)13-19(18)32-23(27)25-22(28)20-14(2)31-26-21(20)16-7-5-6-8-17(16)24/h5-10,13H,4,11-12H2,1-3H3. The van der Waals surface area contributed by atoms with Crippen molar-refractivity contribution in [3.8, 4) is 17.0 Å². The second-order valence-corrected chi connectivity index (χ2v) is 8.34. The number of benzene rings is 2. The van der Waals surface area contributed by atoms with Crippen molar-refractivity contribution in [3.05, 3.63) is 63.6 Å². The average molecular weight is 472 g/mol. The topological polar surface area (TPSA) is 78.9 Å². The molecule has 0 bridgehead atoms. The summed E-state index contributed by atoms with van der Waals surface area (Å²) in [6.07, 6.45) is 0. The molecule has 0 aliphatic rings. The number of carbonyl (C=O) groups is 1. The van der Waals surface area contributed by atoms with E-state index in [0.717, 1.165) is 16.0 Å². The van der Waals surface area contributed by atoms with Gasteiger partial charge in [-0.2, -0.15) is 4.99 Å². The molecule has 0 N–H and O–H groups in total. The van der Waals surface area contributed by atoms with Crippen LogP contribution in [0.2, 0.25) is 5.02 Å². The number of hydrogen-bond donors (Lipinski definition) is 0. The zero-order chi connectivity index (χ0) is 22.7. The van der Waals surface area contributed by atoms with Gasteiger partial charge in [0.2, 0.25) is 0 Å². The molecule has 4 rings (SSSR count). The predicted octanol–water partition coefficient (Wildman–Crippen LogP) is 5.11. The molecule has 0 atom stereocenters. The molecular formula is C23H22ClN3O4S. The Bertz CT molecular complexity index is 1340. The minimum Gasteiger partial charge on any atom is -0.497 e. The van der Waals surface area contributed by atoms with Crippen LogP contribution < -0.4 is 9.54 Å². The first-order valence-corrected chi connectivity index (χ1v) is 11.3. The van der Waals surface area contributed by atoms with Crippen LogP contribution in [0.4, 0.5) is 0 Å². The van der Waals surface area contributed by atoms with Gasteiger partial charge in [-0.15, -0.1) is 0 Å². The van der Waals surface area contributed by atoms with Gasteiger partial charge in [-0.25, -0.2) is 0 Å². The lowest BCUT2D eigenvalue weighted by Crippen LogP contribution is -2.20. The lowest BCUT2D eigenvalue weighted by Gasteiger charge is -2.06. The third-order valence-corrected chi connectivity index (χ3v) is 6.33. The summed E-state index contributed by atoms with van der Waals surface area (Å²) in [6.45, 7) is 5.32. The van der Waals surface area contributed by atoms with Crippen LogP contribution in [0.25, 0.3) is 21.5 Å². The van der Waals surface area contributed by atoms with Gasteiger partial charge in [-0.1, -0.05) is 46.3 Å². The summed E-state index contributed by atoms with van der Waals surface area (Å²) in [5.41, 5.74) is 2.25. The summed E-state index contributed by atoms with van der Waals surface area (Å²) in [5.74, 6) is 0.684. The molecule has 2 aromatic heterocycles. The van der Waals surface area contributed by atoms with Crippen LogP contribution in [-0.4, -0.2) is 36.0 Å². The highest BCUT2D eigenvalue weighted by Crippen LogP contribution is 2.31. The molecular weight excluding hydrogens is 450 g/mol. The number of amides is 1. The average Bonchev–Trinajstić information content (AvgIpc) is 3.33. The molecule has 32 heavy (non-hydrogen) atoms. The molecule has 0 unspecified atom stereocenters. The Morgan fingerprint density at radius 3 is 2.84 bits per heavy atom. The highest BCUT2D eigenvalue weighted by Gasteiger charge is 2.23. The molecule has 4 aromatic rings. The summed E-state index contributed by atoms with van der Waals surface area (Å²) in [7, 11) is 1.62. The Kier molecular flexibility index (Phi) is 6.74. The number of ether oxygens (including phenoxy) is 2. The number of carbonyl (C=O) groups excluding carboxylic acids is 1. The highest BCUT2D eigenvalue weighted by molar-refractivity contribution is 7.16. The van der Waals surface area contributed by atoms with Crippen LogP contribution in [-0.2, 0) is 11.3 Å². The highest BCUT2D eigenvalue weighted by atomic mass is 35.5. The Labute approximate surface area is 193 Å². The number of thiazole rings is 1. The summed E-state index contributed by atoms with van der Waals surface area (Å²) in [5, 5.41) is 4.56. The number of methoxy groups -OCH3 is 1. The number of rotatable bonds is 7. The van der Waals surface area contributed by atoms with E-state index in [1.807, 2.05) is 41.8 Å². The maximum Gasteiger partial charge on any atom is 0.285 e. The number of hydrogen-bond acceptors (Lipinski definition) is 6. The first-order chi connectivity index (χ1) is 15.5. The van der Waals surface area contributed by atoms with Crippen LogP contribution in [0.15, 0.2) is 52.0 Å². The predicted molar refractivity (Wildman–Crippen MR) is 124 cm³/mol. The van der Waals surface area contributed by atoms with Crippen LogP contribution in [0.5, 0.6) is 5.75 Å². The van der Waals surface area contributed by atoms with Gasteiger partial charge in [0.05, 0.1) is 29.0 Å². The minimum atomic E-state index is -0.442. The van der Waals surface area contributed by atoms with Gasteiger partial charge in [0.25, 0.3) is 5.91 Å². The van der Waals surface area contributed by atoms with Crippen molar-refractivity contribution >= 4 is 39.1 Å². The first kappa shape index (κ1) is 22.3. The molecule has 0 aliphatic heterocycles. The Morgan fingerprint density at radius 2 is 2.09 bits per heavy atom. The molecule has 0 saturated carbocycles. The molecule has 0 fully saturated rings. The SMILES string of the molecule is CCOCCn1c(=NC(=O)c2c(-c3ccccc3Cl)noc2C)sc2cc(OC)ccc21. The Hall–Kier alpha value is -2.94. The summed E-state index contributed by atoms with van der Waals surface area (Å²) in [6, 6.07) is 13.0. The van der Waals surface area contributed by atoms with Gasteiger partial charge < -0.3 is 18.6 Å². The van der Waals surface area contributed by atoms with E-state index in [9.17, 15) is 4.79 Å². The normalized spacial score (nSPS) is 11.9. The van der Waals surface area contributed by atoms with Gasteiger partial charge in [0.1, 0.15) is 22.8 Å². The molecule has 2 heterocycles. The largest absolute Gasteiger partial charge is 0.497 e. The lowest BCUT2D eigenvalue weighted by molar-refractivity contribution is 0.0995. The quantitative estimate of drug-likeness (QED) is 0.350. The van der Waals surface area contributed by atoms with Crippen LogP contribution in [0, 0.1) is 6.92 Å².